The number of ether oxygens (including phenoxy) is 2. The van der Waals surface area contributed by atoms with Crippen LogP contribution in [0.5, 0.6) is 0 Å². The second-order valence-electron chi connectivity index (χ2n) is 8.60. The average Bonchev–Trinajstić information content (AvgIpc) is 2.69. The number of carbonyl (C=O) groups is 2. The fourth-order valence-corrected chi connectivity index (χ4v) is 6.65. The van der Waals surface area contributed by atoms with E-state index in [1.807, 2.05) is 0 Å². The van der Waals surface area contributed by atoms with Crippen LogP contribution in [-0.2, 0) is 39.5 Å². The smallest absolute Gasteiger partial charge is 0.306 e. The minimum atomic E-state index is -5.22. The number of carbonyl (C=O) groups excluding carboxylic acids is 1. The Labute approximate surface area is 195 Å². The molecule has 2 aliphatic carbocycles. The van der Waals surface area contributed by atoms with Crippen LogP contribution in [0.15, 0.2) is 0 Å². The summed E-state index contributed by atoms with van der Waals surface area (Å²) in [6.45, 7) is -0.145. The van der Waals surface area contributed by atoms with E-state index >= 15 is 0 Å². The van der Waals surface area contributed by atoms with Gasteiger partial charge in [-0.05, 0) is 25.2 Å². The Bertz CT molecular complexity index is 940. The summed E-state index contributed by atoms with van der Waals surface area (Å²) in [5.74, 6) is -7.53. The van der Waals surface area contributed by atoms with Crippen molar-refractivity contribution in [1.82, 2.24) is 4.72 Å². The van der Waals surface area contributed by atoms with Crippen molar-refractivity contribution in [1.29, 1.82) is 0 Å². The summed E-state index contributed by atoms with van der Waals surface area (Å²) in [7, 11) is -8.93. The third kappa shape index (κ3) is 7.05. The van der Waals surface area contributed by atoms with Crippen LogP contribution >= 0.6 is 0 Å². The largest absolute Gasteiger partial charge is 0.748 e. The van der Waals surface area contributed by atoms with E-state index in [1.54, 1.807) is 4.72 Å². The average molecular weight is 534 g/mol. The van der Waals surface area contributed by atoms with E-state index in [4.69, 9.17) is 9.47 Å². The van der Waals surface area contributed by atoms with Gasteiger partial charge in [0, 0.05) is 24.7 Å². The molecule has 2 fully saturated rings. The number of nitrogens with one attached hydrogen (secondary N) is 1. The van der Waals surface area contributed by atoms with Gasteiger partial charge in [-0.25, -0.2) is 21.6 Å². The summed E-state index contributed by atoms with van der Waals surface area (Å²) in [5.41, 5.74) is 0. The predicted molar refractivity (Wildman–Crippen MR) is 106 cm³/mol. The highest BCUT2D eigenvalue weighted by atomic mass is 32.2. The number of rotatable bonds is 10. The van der Waals surface area contributed by atoms with Gasteiger partial charge in [-0.3, -0.25) is 9.59 Å². The molecule has 34 heavy (non-hydrogen) atoms. The first-order chi connectivity index (χ1) is 15.6. The van der Waals surface area contributed by atoms with Crippen LogP contribution in [0, 0.1) is 23.7 Å². The third-order valence-electron chi connectivity index (χ3n) is 6.56. The number of aliphatic hydroxyl groups excluding tert-OH is 3. The number of methoxy groups -OCH3 is 1. The molecule has 198 valence electrons. The second-order valence-corrected chi connectivity index (χ2v) is 11.2. The van der Waals surface area contributed by atoms with Gasteiger partial charge >= 0.3 is 5.97 Å². The molecule has 4 unspecified atom stereocenters. The SMILES string of the molecule is CO[C@@H]1CC(C(=O)O)[C@H](C[C@@H]2CC(CS(=O)(=O)[O-])[C@H](OC=O)[C@H](O)C2NS(=O)(=O)[O-])[C@H](O)C1O. The maximum Gasteiger partial charge on any atom is 0.306 e. The first-order valence-corrected chi connectivity index (χ1v) is 13.1. The van der Waals surface area contributed by atoms with E-state index in [0.717, 1.165) is 0 Å². The van der Waals surface area contributed by atoms with Gasteiger partial charge in [-0.1, -0.05) is 0 Å². The molecule has 0 aliphatic heterocycles. The van der Waals surface area contributed by atoms with Crippen LogP contribution in [-0.4, -0.2) is 108 Å². The zero-order valence-electron chi connectivity index (χ0n) is 17.9. The minimum Gasteiger partial charge on any atom is -0.748 e. The summed E-state index contributed by atoms with van der Waals surface area (Å²) in [5, 5.41) is 41.2. The highest BCUT2D eigenvalue weighted by molar-refractivity contribution is 7.85. The van der Waals surface area contributed by atoms with Crippen molar-refractivity contribution < 1.29 is 65.4 Å². The van der Waals surface area contributed by atoms with E-state index < -0.39 is 105 Å². The van der Waals surface area contributed by atoms with Crippen molar-refractivity contribution in [2.75, 3.05) is 12.9 Å². The molecule has 0 aromatic carbocycles. The number of hydrogen-bond acceptors (Lipinski definition) is 13. The van der Waals surface area contributed by atoms with E-state index in [-0.39, 0.29) is 12.9 Å². The summed E-state index contributed by atoms with van der Waals surface area (Å²) in [6, 6.07) is -1.68. The van der Waals surface area contributed by atoms with Gasteiger partial charge in [0.05, 0.1) is 34.3 Å². The molecule has 5 N–H and O–H groups in total. The molecule has 2 aliphatic rings. The third-order valence-corrected chi connectivity index (χ3v) is 7.96. The molecule has 0 amide bonds. The lowest BCUT2D eigenvalue weighted by molar-refractivity contribution is -0.173. The Morgan fingerprint density at radius 2 is 1.68 bits per heavy atom. The number of carboxylic acids is 1. The van der Waals surface area contributed by atoms with Crippen LogP contribution in [0.1, 0.15) is 19.3 Å². The van der Waals surface area contributed by atoms with E-state index in [9.17, 15) is 56.0 Å². The highest BCUT2D eigenvalue weighted by Gasteiger charge is 2.51. The molecule has 0 radical (unpaired) electrons. The lowest BCUT2D eigenvalue weighted by Crippen LogP contribution is -2.61. The van der Waals surface area contributed by atoms with E-state index in [0.29, 0.717) is 0 Å². The molecule has 10 atom stereocenters. The van der Waals surface area contributed by atoms with E-state index in [2.05, 4.69) is 0 Å². The summed E-state index contributed by atoms with van der Waals surface area (Å²) < 4.78 is 79.6. The van der Waals surface area contributed by atoms with Crippen LogP contribution in [0.2, 0.25) is 0 Å². The molecule has 0 saturated heterocycles. The van der Waals surface area contributed by atoms with Gasteiger partial charge in [0.25, 0.3) is 6.47 Å². The molecule has 0 aromatic heterocycles. The molecule has 15 nitrogen and oxygen atoms in total. The normalized spacial score (nSPS) is 39.4. The second kappa shape index (κ2) is 11.1. The fraction of sp³-hybridized carbons (Fsp3) is 0.882. The number of aliphatic hydroxyl groups is 3. The van der Waals surface area contributed by atoms with Crippen LogP contribution in [0.4, 0.5) is 0 Å². The fourth-order valence-electron chi connectivity index (χ4n) is 5.14. The number of carboxylic acid groups (broad SMARTS) is 1. The molecule has 0 aromatic rings. The first-order valence-electron chi connectivity index (χ1n) is 10.1. The Kier molecular flexibility index (Phi) is 9.39. The summed E-state index contributed by atoms with van der Waals surface area (Å²) in [6.07, 6.45) is -8.90. The molecule has 2 saturated carbocycles. The van der Waals surface area contributed by atoms with Gasteiger partial charge in [0.1, 0.15) is 18.3 Å². The van der Waals surface area contributed by atoms with Crippen LogP contribution < -0.4 is 4.72 Å². The molecule has 0 bridgehead atoms. The van der Waals surface area contributed by atoms with Gasteiger partial charge in [0.15, 0.2) is 10.3 Å². The molecular formula is C17H27NO14S2-2. The molecular weight excluding hydrogens is 506 g/mol. The van der Waals surface area contributed by atoms with Crippen molar-refractivity contribution in [3.63, 3.8) is 0 Å². The standard InChI is InChI=1S/C17H29NO14S2/c1-31-11-4-10(17(23)24)9(13(20)14(11)21)3-7-2-8(5-33(25,26)27)16(32-6-19)15(22)12(7)18-34(28,29)30/h6-16,18,20-22H,2-5H2,1H3,(H,23,24)(H,25,26,27)(H,28,29,30)/p-2/t7-,8?,9-,10?,11+,12?,13-,14?,15+,16-/m0/s1. The van der Waals surface area contributed by atoms with Gasteiger partial charge < -0.3 is 39.0 Å². The van der Waals surface area contributed by atoms with E-state index in [1.165, 1.54) is 7.11 Å². The highest BCUT2D eigenvalue weighted by Crippen LogP contribution is 2.42. The molecule has 17 heteroatoms. The van der Waals surface area contributed by atoms with Crippen molar-refractivity contribution in [3.8, 4) is 0 Å². The van der Waals surface area contributed by atoms with Crippen molar-refractivity contribution >= 4 is 32.9 Å². The van der Waals surface area contributed by atoms with Crippen molar-refractivity contribution in [3.05, 3.63) is 0 Å². The molecule has 0 spiro atoms. The monoisotopic (exact) mass is 533 g/mol. The lowest BCUT2D eigenvalue weighted by atomic mass is 9.66. The lowest BCUT2D eigenvalue weighted by Gasteiger charge is -2.48. The molecule has 2 rings (SSSR count). The summed E-state index contributed by atoms with van der Waals surface area (Å²) >= 11 is 0. The maximum absolute atomic E-state index is 11.8. The summed E-state index contributed by atoms with van der Waals surface area (Å²) in [4.78, 5) is 22.7. The Balaban J connectivity index is 2.46. The Morgan fingerprint density at radius 3 is 2.15 bits per heavy atom. The Morgan fingerprint density at radius 1 is 1.06 bits per heavy atom. The zero-order chi connectivity index (χ0) is 26.0. The zero-order valence-corrected chi connectivity index (χ0v) is 19.5. The van der Waals surface area contributed by atoms with Crippen molar-refractivity contribution in [2.24, 2.45) is 23.7 Å². The van der Waals surface area contributed by atoms with Crippen LogP contribution in [0.25, 0.3) is 0 Å². The van der Waals surface area contributed by atoms with Gasteiger partial charge in [-0.2, -0.15) is 0 Å². The van der Waals surface area contributed by atoms with Gasteiger partial charge in [-0.15, -0.1) is 0 Å². The Hall–Kier alpha value is -1.44. The quantitative estimate of drug-likeness (QED) is 0.134. The minimum absolute atomic E-state index is 0.145. The predicted octanol–water partition coefficient (Wildman–Crippen LogP) is -3.66. The number of aliphatic carboxylic acids is 1. The van der Waals surface area contributed by atoms with Gasteiger partial charge in [0.2, 0.25) is 0 Å². The topological polar surface area (TPSA) is 260 Å². The maximum atomic E-state index is 11.8. The van der Waals surface area contributed by atoms with Crippen molar-refractivity contribution in [2.45, 2.75) is 55.8 Å². The van der Waals surface area contributed by atoms with Crippen LogP contribution in [0.3, 0.4) is 0 Å². The first kappa shape index (κ1) is 28.8. The molecule has 0 heterocycles. The number of hydrogen-bond donors (Lipinski definition) is 5.